The molecule has 2 N–H and O–H groups in total. The van der Waals surface area contributed by atoms with E-state index >= 15 is 0 Å². The molecule has 0 aliphatic carbocycles. The lowest BCUT2D eigenvalue weighted by Crippen LogP contribution is -2.15. The predicted octanol–water partition coefficient (Wildman–Crippen LogP) is 5.32. The largest absolute Gasteiger partial charge is 0.460 e. The molecule has 0 unspecified atom stereocenters. The molecule has 40 heavy (non-hydrogen) atoms. The van der Waals surface area contributed by atoms with Crippen LogP contribution in [-0.2, 0) is 25.4 Å². The maximum atomic E-state index is 14.0. The fourth-order valence-electron chi connectivity index (χ4n) is 3.76. The maximum Gasteiger partial charge on any atom is 0.339 e. The second-order valence-corrected chi connectivity index (χ2v) is 8.87. The van der Waals surface area contributed by atoms with E-state index in [0.717, 1.165) is 5.56 Å². The molecule has 9 nitrogen and oxygen atoms in total. The average molecular weight is 548 g/mol. The summed E-state index contributed by atoms with van der Waals surface area (Å²) in [6.07, 6.45) is 3.09. The van der Waals surface area contributed by atoms with Crippen LogP contribution in [0.15, 0.2) is 73.1 Å². The second kappa shape index (κ2) is 14.0. The highest BCUT2D eigenvalue weighted by atomic mass is 19.1. The molecule has 4 aromatic rings. The number of rotatable bonds is 13. The van der Waals surface area contributed by atoms with Gasteiger partial charge in [0.1, 0.15) is 23.9 Å². The van der Waals surface area contributed by atoms with Crippen LogP contribution in [0.25, 0.3) is 11.4 Å². The minimum atomic E-state index is -0.471. The zero-order valence-corrected chi connectivity index (χ0v) is 22.2. The molecule has 0 saturated heterocycles. The highest BCUT2D eigenvalue weighted by Crippen LogP contribution is 2.27. The molecule has 0 fully saturated rings. The van der Waals surface area contributed by atoms with E-state index in [-0.39, 0.29) is 25.5 Å². The summed E-state index contributed by atoms with van der Waals surface area (Å²) in [6.45, 7) is 3.19. The van der Waals surface area contributed by atoms with Gasteiger partial charge in [0, 0.05) is 31.3 Å². The smallest absolute Gasteiger partial charge is 0.339 e. The average Bonchev–Trinajstić information content (AvgIpc) is 3.45. The van der Waals surface area contributed by atoms with Gasteiger partial charge in [-0.2, -0.15) is 0 Å². The number of hydrogen-bond acceptors (Lipinski definition) is 7. The minimum absolute atomic E-state index is 0.0625. The summed E-state index contributed by atoms with van der Waals surface area (Å²) in [5.74, 6) is -0.119. The summed E-state index contributed by atoms with van der Waals surface area (Å²) < 4.78 is 35.3. The Labute approximate surface area is 231 Å². The molecule has 0 saturated carbocycles. The monoisotopic (exact) mass is 547 g/mol. The van der Waals surface area contributed by atoms with Gasteiger partial charge in [0.05, 0.1) is 43.2 Å². The molecular weight excluding hydrogens is 517 g/mol. The number of nitrogens with zero attached hydrogens (tertiary/aromatic N) is 1. The first kappa shape index (κ1) is 28.5. The van der Waals surface area contributed by atoms with Gasteiger partial charge < -0.3 is 29.2 Å². The maximum absolute atomic E-state index is 14.0. The molecule has 2 aromatic carbocycles. The Kier molecular flexibility index (Phi) is 9.98. The molecule has 2 heterocycles. The molecule has 0 bridgehead atoms. The van der Waals surface area contributed by atoms with Crippen molar-refractivity contribution >= 4 is 17.6 Å². The Bertz CT molecular complexity index is 1440. The highest BCUT2D eigenvalue weighted by molar-refractivity contribution is 5.92. The molecule has 0 spiro atoms. The van der Waals surface area contributed by atoms with Gasteiger partial charge >= 0.3 is 5.97 Å². The van der Waals surface area contributed by atoms with Crippen LogP contribution >= 0.6 is 0 Å². The van der Waals surface area contributed by atoms with Crippen molar-refractivity contribution in [3.8, 4) is 22.9 Å². The third-order valence-corrected chi connectivity index (χ3v) is 5.74. The van der Waals surface area contributed by atoms with Gasteiger partial charge in [-0.05, 0) is 55.0 Å². The van der Waals surface area contributed by atoms with Gasteiger partial charge in [-0.15, -0.1) is 0 Å². The van der Waals surface area contributed by atoms with E-state index < -0.39 is 11.8 Å². The number of nitrogens with one attached hydrogen (secondary N) is 2. The van der Waals surface area contributed by atoms with Crippen LogP contribution in [0.5, 0.6) is 11.5 Å². The fourth-order valence-corrected chi connectivity index (χ4v) is 3.76. The van der Waals surface area contributed by atoms with Crippen molar-refractivity contribution in [2.24, 2.45) is 0 Å². The number of carbonyl (C=O) groups is 2. The van der Waals surface area contributed by atoms with Gasteiger partial charge in [0.25, 0.3) is 0 Å². The van der Waals surface area contributed by atoms with Crippen molar-refractivity contribution < 1.29 is 32.9 Å². The van der Waals surface area contributed by atoms with E-state index in [1.54, 1.807) is 74.1 Å². The topological polar surface area (TPSA) is 112 Å². The van der Waals surface area contributed by atoms with Crippen LogP contribution < -0.4 is 10.1 Å². The number of methoxy groups -OCH3 is 1. The van der Waals surface area contributed by atoms with Crippen molar-refractivity contribution in [1.29, 1.82) is 0 Å². The molecule has 208 valence electrons. The van der Waals surface area contributed by atoms with E-state index in [4.69, 9.17) is 18.9 Å². The number of pyridine rings is 1. The summed E-state index contributed by atoms with van der Waals surface area (Å²) >= 11 is 0. The summed E-state index contributed by atoms with van der Waals surface area (Å²) in [5, 5.41) is 2.77. The van der Waals surface area contributed by atoms with Crippen molar-refractivity contribution in [1.82, 2.24) is 9.97 Å². The van der Waals surface area contributed by atoms with Crippen LogP contribution in [0, 0.1) is 12.7 Å². The Morgan fingerprint density at radius 2 is 1.75 bits per heavy atom. The Morgan fingerprint density at radius 1 is 0.950 bits per heavy atom. The second-order valence-electron chi connectivity index (χ2n) is 8.87. The van der Waals surface area contributed by atoms with Gasteiger partial charge in [-0.3, -0.25) is 9.78 Å². The number of aromatic amines is 1. The van der Waals surface area contributed by atoms with Gasteiger partial charge in [0.15, 0.2) is 0 Å². The first-order chi connectivity index (χ1) is 19.4. The summed E-state index contributed by atoms with van der Waals surface area (Å²) in [4.78, 5) is 32.1. The quantitative estimate of drug-likeness (QED) is 0.172. The van der Waals surface area contributed by atoms with Crippen molar-refractivity contribution in [3.63, 3.8) is 0 Å². The molecule has 0 atom stereocenters. The SMILES string of the molecule is COCCOCCOC(=O)c1c[nH]c(-c2cc(Oc3ccc(NC(=O)Cc4cc(C)ccc4F)cc3)ccn2)c1. The van der Waals surface area contributed by atoms with Gasteiger partial charge in [-0.1, -0.05) is 17.7 Å². The normalized spacial score (nSPS) is 10.8. The Balaban J connectivity index is 1.30. The lowest BCUT2D eigenvalue weighted by Gasteiger charge is -2.09. The summed E-state index contributed by atoms with van der Waals surface area (Å²) in [7, 11) is 1.59. The lowest BCUT2D eigenvalue weighted by molar-refractivity contribution is -0.115. The van der Waals surface area contributed by atoms with Crippen molar-refractivity contribution in [2.45, 2.75) is 13.3 Å². The first-order valence-corrected chi connectivity index (χ1v) is 12.6. The zero-order valence-electron chi connectivity index (χ0n) is 22.2. The van der Waals surface area contributed by atoms with E-state index in [2.05, 4.69) is 15.3 Å². The highest BCUT2D eigenvalue weighted by Gasteiger charge is 2.13. The van der Waals surface area contributed by atoms with Crippen molar-refractivity contribution in [2.75, 3.05) is 38.9 Å². The van der Waals surface area contributed by atoms with E-state index in [1.807, 2.05) is 6.92 Å². The summed E-state index contributed by atoms with van der Waals surface area (Å²) in [5.41, 5.74) is 3.36. The number of esters is 1. The van der Waals surface area contributed by atoms with E-state index in [0.29, 0.717) is 52.9 Å². The van der Waals surface area contributed by atoms with Crippen LogP contribution in [0.4, 0.5) is 10.1 Å². The van der Waals surface area contributed by atoms with Gasteiger partial charge in [-0.25, -0.2) is 9.18 Å². The molecule has 0 aliphatic rings. The molecule has 0 radical (unpaired) electrons. The number of aryl methyl sites for hydroxylation is 1. The molecule has 0 aliphatic heterocycles. The lowest BCUT2D eigenvalue weighted by atomic mass is 10.1. The Morgan fingerprint density at radius 3 is 2.55 bits per heavy atom. The van der Waals surface area contributed by atoms with Crippen LogP contribution in [0.1, 0.15) is 21.5 Å². The molecule has 2 aromatic heterocycles. The standard InChI is InChI=1S/C30H30FN3O6/c1-20-3-8-26(31)21(15-20)17-29(35)34-23-4-6-24(7-5-23)40-25-9-10-32-28(18-25)27-16-22(19-33-27)30(36)39-14-13-38-12-11-37-2/h3-10,15-16,18-19,33H,11-14,17H2,1-2H3,(H,34,35). The first-order valence-electron chi connectivity index (χ1n) is 12.6. The Hall–Kier alpha value is -4.54. The van der Waals surface area contributed by atoms with E-state index in [1.165, 1.54) is 6.07 Å². The summed E-state index contributed by atoms with van der Waals surface area (Å²) in [6, 6.07) is 16.6. The zero-order chi connectivity index (χ0) is 28.3. The van der Waals surface area contributed by atoms with Crippen LogP contribution in [-0.4, -0.2) is 55.4 Å². The minimum Gasteiger partial charge on any atom is -0.460 e. The molecule has 1 amide bonds. The fraction of sp³-hybridized carbons (Fsp3) is 0.233. The van der Waals surface area contributed by atoms with Crippen LogP contribution in [0.3, 0.4) is 0 Å². The number of ether oxygens (including phenoxy) is 4. The number of hydrogen-bond donors (Lipinski definition) is 2. The molecular formula is C30H30FN3O6. The number of H-pyrrole nitrogens is 1. The molecule has 4 rings (SSSR count). The number of halogens is 1. The van der Waals surface area contributed by atoms with Gasteiger partial charge in [0.2, 0.25) is 5.91 Å². The van der Waals surface area contributed by atoms with E-state index in [9.17, 15) is 14.0 Å². The number of aromatic nitrogens is 2. The van der Waals surface area contributed by atoms with Crippen LogP contribution in [0.2, 0.25) is 0 Å². The third-order valence-electron chi connectivity index (χ3n) is 5.74. The number of anilines is 1. The number of amides is 1. The van der Waals surface area contributed by atoms with Crippen molar-refractivity contribution in [3.05, 3.63) is 95.6 Å². The third kappa shape index (κ3) is 8.23. The number of benzene rings is 2. The number of carbonyl (C=O) groups excluding carboxylic acids is 2. The molecule has 10 heteroatoms. The predicted molar refractivity (Wildman–Crippen MR) is 147 cm³/mol.